The summed E-state index contributed by atoms with van der Waals surface area (Å²) in [7, 11) is -4.18. The maximum Gasteiger partial charge on any atom is 0.270 e. The summed E-state index contributed by atoms with van der Waals surface area (Å²) in [6.07, 6.45) is 1.49. The second-order valence-electron chi connectivity index (χ2n) is 7.22. The largest absolute Gasteiger partial charge is 0.475 e. The predicted molar refractivity (Wildman–Crippen MR) is 122 cm³/mol. The molecule has 1 aromatic heterocycles. The van der Waals surface area contributed by atoms with Crippen LogP contribution in [0.25, 0.3) is 0 Å². The number of ether oxygens (including phenoxy) is 1. The molecule has 1 heterocycles. The number of pyridine rings is 1. The molecule has 0 aliphatic rings. The zero-order valence-electron chi connectivity index (χ0n) is 17.9. The minimum absolute atomic E-state index is 0.0337. The summed E-state index contributed by atoms with van der Waals surface area (Å²) < 4.78 is 33.6. The zero-order valence-corrected chi connectivity index (χ0v) is 18.7. The van der Waals surface area contributed by atoms with Gasteiger partial charge in [-0.05, 0) is 38.1 Å². The number of nitrogens with one attached hydrogen (secondary N) is 2. The van der Waals surface area contributed by atoms with Crippen LogP contribution >= 0.6 is 0 Å². The second-order valence-corrected chi connectivity index (χ2v) is 8.90. The molecule has 0 aliphatic carbocycles. The summed E-state index contributed by atoms with van der Waals surface area (Å²) in [4.78, 5) is 27.0. The summed E-state index contributed by atoms with van der Waals surface area (Å²) in [6, 6.07) is 14.2. The normalized spacial score (nSPS) is 11.1. The number of carbonyl (C=O) groups excluding carboxylic acids is 1. The number of rotatable bonds is 9. The second kappa shape index (κ2) is 10.1. The average molecular weight is 471 g/mol. The van der Waals surface area contributed by atoms with Crippen LogP contribution in [0.1, 0.15) is 29.8 Å². The van der Waals surface area contributed by atoms with Crippen LogP contribution in [0.15, 0.2) is 71.8 Å². The lowest BCUT2D eigenvalue weighted by Crippen LogP contribution is -2.25. The monoisotopic (exact) mass is 470 g/mol. The number of nitrogens with zero attached hydrogens (tertiary/aromatic N) is 2. The van der Waals surface area contributed by atoms with Gasteiger partial charge in [-0.15, -0.1) is 0 Å². The number of hydrogen-bond donors (Lipinski definition) is 2. The Morgan fingerprint density at radius 2 is 1.88 bits per heavy atom. The predicted octanol–water partition coefficient (Wildman–Crippen LogP) is 3.51. The number of aromatic nitrogens is 1. The van der Waals surface area contributed by atoms with Gasteiger partial charge in [0.15, 0.2) is 0 Å². The van der Waals surface area contributed by atoms with Crippen molar-refractivity contribution < 1.29 is 22.9 Å². The van der Waals surface area contributed by atoms with Gasteiger partial charge < -0.3 is 10.1 Å². The molecule has 172 valence electrons. The average Bonchev–Trinajstić information content (AvgIpc) is 2.78. The van der Waals surface area contributed by atoms with Gasteiger partial charge in [0, 0.05) is 30.4 Å². The molecule has 2 N–H and O–H groups in total. The van der Waals surface area contributed by atoms with Gasteiger partial charge in [0.05, 0.1) is 27.2 Å². The Morgan fingerprint density at radius 1 is 1.12 bits per heavy atom. The minimum atomic E-state index is -4.18. The first-order chi connectivity index (χ1) is 15.7. The zero-order chi connectivity index (χ0) is 24.0. The van der Waals surface area contributed by atoms with E-state index >= 15 is 0 Å². The van der Waals surface area contributed by atoms with Gasteiger partial charge >= 0.3 is 0 Å². The Labute approximate surface area is 190 Å². The van der Waals surface area contributed by atoms with Crippen LogP contribution < -0.4 is 14.8 Å². The third-order valence-electron chi connectivity index (χ3n) is 4.39. The molecule has 0 bridgehead atoms. The van der Waals surface area contributed by atoms with E-state index in [2.05, 4.69) is 15.0 Å². The molecule has 0 spiro atoms. The highest BCUT2D eigenvalue weighted by molar-refractivity contribution is 7.92. The molecule has 0 fully saturated rings. The Balaban J connectivity index is 1.80. The summed E-state index contributed by atoms with van der Waals surface area (Å²) in [5.41, 5.74) is 0.419. The number of hydrogen-bond acceptors (Lipinski definition) is 7. The number of sulfonamides is 1. The number of amides is 1. The van der Waals surface area contributed by atoms with Crippen LogP contribution in [0.2, 0.25) is 0 Å². The van der Waals surface area contributed by atoms with Crippen molar-refractivity contribution in [1.82, 2.24) is 10.3 Å². The number of non-ortho nitro benzene ring substituents is 1. The lowest BCUT2D eigenvalue weighted by molar-refractivity contribution is -0.385. The fourth-order valence-electron chi connectivity index (χ4n) is 2.90. The molecule has 0 saturated carbocycles. The maximum atomic E-state index is 12.8. The summed E-state index contributed by atoms with van der Waals surface area (Å²) in [6.45, 7) is 3.84. The Morgan fingerprint density at radius 3 is 2.61 bits per heavy atom. The highest BCUT2D eigenvalue weighted by Gasteiger charge is 2.21. The van der Waals surface area contributed by atoms with E-state index in [1.807, 2.05) is 13.8 Å². The van der Waals surface area contributed by atoms with Crippen LogP contribution in [-0.4, -0.2) is 30.3 Å². The molecular formula is C22H22N4O6S. The van der Waals surface area contributed by atoms with Gasteiger partial charge in [-0.25, -0.2) is 13.4 Å². The van der Waals surface area contributed by atoms with Crippen molar-refractivity contribution >= 4 is 27.3 Å². The van der Waals surface area contributed by atoms with E-state index in [4.69, 9.17) is 4.74 Å². The van der Waals surface area contributed by atoms with Crippen LogP contribution in [-0.2, 0) is 16.6 Å². The number of nitro groups is 1. The summed E-state index contributed by atoms with van der Waals surface area (Å²) in [5.74, 6) is -0.126. The van der Waals surface area contributed by atoms with Crippen molar-refractivity contribution in [3.63, 3.8) is 0 Å². The fourth-order valence-corrected chi connectivity index (χ4v) is 4.02. The number of para-hydroxylation sites is 1. The number of carbonyl (C=O) groups is 1. The van der Waals surface area contributed by atoms with Crippen molar-refractivity contribution in [3.8, 4) is 5.88 Å². The quantitative estimate of drug-likeness (QED) is 0.360. The Bertz CT molecular complexity index is 1280. The van der Waals surface area contributed by atoms with Crippen molar-refractivity contribution in [2.24, 2.45) is 0 Å². The SMILES string of the molecule is CC(C)Oc1ncccc1CNC(=O)c1ccccc1NS(=O)(=O)c1cccc([N+](=O)[O-])c1. The van der Waals surface area contributed by atoms with Crippen LogP contribution in [0, 0.1) is 10.1 Å². The first-order valence-corrected chi connectivity index (χ1v) is 11.4. The summed E-state index contributed by atoms with van der Waals surface area (Å²) >= 11 is 0. The Hall–Kier alpha value is -3.99. The lowest BCUT2D eigenvalue weighted by Gasteiger charge is -2.15. The molecule has 3 aromatic rings. The lowest BCUT2D eigenvalue weighted by atomic mass is 10.1. The standard InChI is InChI=1S/C22H22N4O6S/c1-15(2)32-22-16(7-6-12-23-22)14-24-21(27)19-10-3-4-11-20(19)25-33(30,31)18-9-5-8-17(13-18)26(28)29/h3-13,15,25H,14H2,1-2H3,(H,24,27). The van der Waals surface area contributed by atoms with E-state index in [0.29, 0.717) is 11.4 Å². The molecule has 0 unspecified atom stereocenters. The molecule has 0 saturated heterocycles. The minimum Gasteiger partial charge on any atom is -0.475 e. The third-order valence-corrected chi connectivity index (χ3v) is 5.75. The first kappa shape index (κ1) is 23.7. The highest BCUT2D eigenvalue weighted by Crippen LogP contribution is 2.23. The van der Waals surface area contributed by atoms with Crippen molar-refractivity contribution in [2.45, 2.75) is 31.4 Å². The van der Waals surface area contributed by atoms with Crippen LogP contribution in [0.3, 0.4) is 0 Å². The van der Waals surface area contributed by atoms with Gasteiger partial charge in [0.25, 0.3) is 21.6 Å². The van der Waals surface area contributed by atoms with E-state index in [1.54, 1.807) is 30.5 Å². The molecule has 0 aliphatic heterocycles. The van der Waals surface area contributed by atoms with Crippen molar-refractivity contribution in [2.75, 3.05) is 4.72 Å². The van der Waals surface area contributed by atoms with Crippen LogP contribution in [0.5, 0.6) is 5.88 Å². The van der Waals surface area contributed by atoms with Gasteiger partial charge in [0.2, 0.25) is 5.88 Å². The van der Waals surface area contributed by atoms with Crippen molar-refractivity contribution in [1.29, 1.82) is 0 Å². The van der Waals surface area contributed by atoms with E-state index < -0.39 is 20.9 Å². The van der Waals surface area contributed by atoms with E-state index in [-0.39, 0.29) is 34.5 Å². The van der Waals surface area contributed by atoms with E-state index in [0.717, 1.165) is 6.07 Å². The summed E-state index contributed by atoms with van der Waals surface area (Å²) in [5, 5.41) is 13.7. The fraction of sp³-hybridized carbons (Fsp3) is 0.182. The van der Waals surface area contributed by atoms with Gasteiger partial charge in [-0.1, -0.05) is 24.3 Å². The third kappa shape index (κ3) is 6.04. The van der Waals surface area contributed by atoms with Gasteiger partial charge in [-0.3, -0.25) is 19.6 Å². The van der Waals surface area contributed by atoms with E-state index in [9.17, 15) is 23.3 Å². The molecule has 3 rings (SSSR count). The molecule has 1 amide bonds. The highest BCUT2D eigenvalue weighted by atomic mass is 32.2. The topological polar surface area (TPSA) is 141 Å². The Kier molecular flexibility index (Phi) is 7.23. The number of nitro benzene ring substituents is 1. The molecule has 2 aromatic carbocycles. The van der Waals surface area contributed by atoms with E-state index in [1.165, 1.54) is 30.3 Å². The number of benzene rings is 2. The molecule has 33 heavy (non-hydrogen) atoms. The molecule has 11 heteroatoms. The molecular weight excluding hydrogens is 448 g/mol. The number of anilines is 1. The van der Waals surface area contributed by atoms with Gasteiger partial charge in [-0.2, -0.15) is 0 Å². The van der Waals surface area contributed by atoms with Crippen molar-refractivity contribution in [3.05, 3.63) is 88.1 Å². The van der Waals surface area contributed by atoms with Crippen LogP contribution in [0.4, 0.5) is 11.4 Å². The smallest absolute Gasteiger partial charge is 0.270 e. The molecule has 0 radical (unpaired) electrons. The first-order valence-electron chi connectivity index (χ1n) is 9.92. The van der Waals surface area contributed by atoms with Gasteiger partial charge in [0.1, 0.15) is 0 Å². The molecule has 10 nitrogen and oxygen atoms in total. The molecule has 0 atom stereocenters. The maximum absolute atomic E-state index is 12.8.